The van der Waals surface area contributed by atoms with Crippen LogP contribution in [0.3, 0.4) is 0 Å². The zero-order valence-electron chi connectivity index (χ0n) is 17.3. The molecular formula is C26H25NO3. The third kappa shape index (κ3) is 3.39. The number of amides is 1. The number of rotatable bonds is 5. The molecule has 4 rings (SSSR count). The summed E-state index contributed by atoms with van der Waals surface area (Å²) in [6.07, 6.45) is 1.70. The van der Waals surface area contributed by atoms with Gasteiger partial charge < -0.3 is 10.0 Å². The Labute approximate surface area is 176 Å². The molecule has 0 saturated carbocycles. The van der Waals surface area contributed by atoms with Crippen molar-refractivity contribution in [2.45, 2.75) is 32.7 Å². The summed E-state index contributed by atoms with van der Waals surface area (Å²) in [4.78, 5) is 27.7. The van der Waals surface area contributed by atoms with E-state index in [1.807, 2.05) is 61.5 Å². The minimum absolute atomic E-state index is 0.120. The van der Waals surface area contributed by atoms with Crippen molar-refractivity contribution in [1.29, 1.82) is 0 Å². The second-order valence-corrected chi connectivity index (χ2v) is 7.78. The number of carbonyl (C=O) groups is 2. The minimum atomic E-state index is -0.623. The highest BCUT2D eigenvalue weighted by Gasteiger charge is 2.46. The first kappa shape index (κ1) is 19.9. The van der Waals surface area contributed by atoms with Crippen LogP contribution in [0.4, 0.5) is 0 Å². The summed E-state index contributed by atoms with van der Waals surface area (Å²) < 4.78 is 0. The van der Waals surface area contributed by atoms with Gasteiger partial charge in [0.05, 0.1) is 11.6 Å². The number of benzene rings is 3. The van der Waals surface area contributed by atoms with Gasteiger partial charge in [0.15, 0.2) is 0 Å². The molecular weight excluding hydrogens is 374 g/mol. The number of carbonyl (C=O) groups excluding carboxylic acids is 2. The second-order valence-electron chi connectivity index (χ2n) is 7.78. The van der Waals surface area contributed by atoms with Crippen molar-refractivity contribution in [1.82, 2.24) is 4.90 Å². The van der Waals surface area contributed by atoms with E-state index in [0.29, 0.717) is 12.1 Å². The van der Waals surface area contributed by atoms with E-state index in [-0.39, 0.29) is 11.3 Å². The second kappa shape index (κ2) is 8.15. The van der Waals surface area contributed by atoms with E-state index in [1.165, 1.54) is 0 Å². The molecule has 3 aromatic carbocycles. The number of fused-ring (bicyclic) bond motifs is 1. The molecule has 1 amide bonds. The molecule has 1 fully saturated rings. The van der Waals surface area contributed by atoms with Gasteiger partial charge >= 0.3 is 0 Å². The van der Waals surface area contributed by atoms with Crippen LogP contribution < -0.4 is 0 Å². The maximum absolute atomic E-state index is 13.1. The zero-order chi connectivity index (χ0) is 21.3. The van der Waals surface area contributed by atoms with Gasteiger partial charge in [0.25, 0.3) is 11.7 Å². The van der Waals surface area contributed by atoms with Crippen LogP contribution in [0.1, 0.15) is 42.5 Å². The fraction of sp³-hybridized carbons (Fsp3) is 0.231. The van der Waals surface area contributed by atoms with Gasteiger partial charge in [0.1, 0.15) is 5.76 Å². The predicted octanol–water partition coefficient (Wildman–Crippen LogP) is 5.37. The van der Waals surface area contributed by atoms with Crippen LogP contribution in [0.2, 0.25) is 0 Å². The van der Waals surface area contributed by atoms with Gasteiger partial charge in [0.2, 0.25) is 0 Å². The molecule has 1 heterocycles. The van der Waals surface area contributed by atoms with Crippen LogP contribution in [0.5, 0.6) is 0 Å². The van der Waals surface area contributed by atoms with Crippen molar-refractivity contribution in [2.75, 3.05) is 6.54 Å². The van der Waals surface area contributed by atoms with Gasteiger partial charge in [0, 0.05) is 12.1 Å². The number of ketones is 1. The number of hydrogen-bond acceptors (Lipinski definition) is 3. The van der Waals surface area contributed by atoms with Crippen molar-refractivity contribution >= 4 is 28.2 Å². The van der Waals surface area contributed by atoms with Crippen molar-refractivity contribution in [3.63, 3.8) is 0 Å². The highest BCUT2D eigenvalue weighted by Crippen LogP contribution is 2.41. The first-order valence-corrected chi connectivity index (χ1v) is 10.4. The largest absolute Gasteiger partial charge is 0.507 e. The van der Waals surface area contributed by atoms with Crippen LogP contribution in [-0.4, -0.2) is 28.2 Å². The summed E-state index contributed by atoms with van der Waals surface area (Å²) in [5.74, 6) is -1.29. The normalized spacial score (nSPS) is 18.3. The molecule has 1 aliphatic rings. The number of aryl methyl sites for hydroxylation is 1. The molecule has 1 atom stereocenters. The topological polar surface area (TPSA) is 57.6 Å². The summed E-state index contributed by atoms with van der Waals surface area (Å²) in [6, 6.07) is 20.5. The van der Waals surface area contributed by atoms with E-state index in [4.69, 9.17) is 0 Å². The molecule has 0 radical (unpaired) electrons. The molecule has 4 nitrogen and oxygen atoms in total. The Kier molecular flexibility index (Phi) is 5.40. The first-order valence-electron chi connectivity index (χ1n) is 10.4. The Morgan fingerprint density at radius 3 is 2.40 bits per heavy atom. The molecule has 0 aliphatic carbocycles. The van der Waals surface area contributed by atoms with Crippen molar-refractivity contribution in [3.05, 3.63) is 89.0 Å². The summed E-state index contributed by atoms with van der Waals surface area (Å²) in [5.41, 5.74) is 2.62. The van der Waals surface area contributed by atoms with Crippen LogP contribution >= 0.6 is 0 Å². The van der Waals surface area contributed by atoms with Gasteiger partial charge in [-0.05, 0) is 29.7 Å². The van der Waals surface area contributed by atoms with Gasteiger partial charge in [-0.15, -0.1) is 0 Å². The Morgan fingerprint density at radius 2 is 1.67 bits per heavy atom. The average Bonchev–Trinajstić information content (AvgIpc) is 3.02. The fourth-order valence-electron chi connectivity index (χ4n) is 4.12. The van der Waals surface area contributed by atoms with Gasteiger partial charge in [-0.1, -0.05) is 85.6 Å². The van der Waals surface area contributed by atoms with E-state index in [1.54, 1.807) is 17.0 Å². The van der Waals surface area contributed by atoms with Crippen molar-refractivity contribution < 1.29 is 14.7 Å². The number of unbranched alkanes of at least 4 members (excludes halogenated alkanes) is 1. The van der Waals surface area contributed by atoms with E-state index >= 15 is 0 Å². The number of likely N-dealkylation sites (tertiary alicyclic amines) is 1. The van der Waals surface area contributed by atoms with Crippen LogP contribution in [0.15, 0.2) is 72.3 Å². The first-order chi connectivity index (χ1) is 14.5. The minimum Gasteiger partial charge on any atom is -0.507 e. The molecule has 1 N–H and O–H groups in total. The lowest BCUT2D eigenvalue weighted by Crippen LogP contribution is -2.30. The van der Waals surface area contributed by atoms with Crippen LogP contribution in [-0.2, 0) is 9.59 Å². The number of hydrogen-bond donors (Lipinski definition) is 1. The molecule has 0 spiro atoms. The molecule has 4 heteroatoms. The lowest BCUT2D eigenvalue weighted by Gasteiger charge is -2.26. The summed E-state index contributed by atoms with van der Waals surface area (Å²) in [7, 11) is 0. The summed E-state index contributed by atoms with van der Waals surface area (Å²) >= 11 is 0. The smallest absolute Gasteiger partial charge is 0.295 e. The third-order valence-corrected chi connectivity index (χ3v) is 5.74. The Morgan fingerprint density at radius 1 is 0.967 bits per heavy atom. The fourth-order valence-corrected chi connectivity index (χ4v) is 4.12. The third-order valence-electron chi connectivity index (χ3n) is 5.74. The van der Waals surface area contributed by atoms with Gasteiger partial charge in [-0.2, -0.15) is 0 Å². The highest BCUT2D eigenvalue weighted by molar-refractivity contribution is 6.46. The van der Waals surface area contributed by atoms with Gasteiger partial charge in [-0.3, -0.25) is 9.59 Å². The number of aliphatic hydroxyl groups is 1. The Balaban J connectivity index is 1.95. The molecule has 0 bridgehead atoms. The van der Waals surface area contributed by atoms with Crippen molar-refractivity contribution in [3.8, 4) is 0 Å². The molecule has 1 aliphatic heterocycles. The van der Waals surface area contributed by atoms with E-state index in [9.17, 15) is 14.7 Å². The van der Waals surface area contributed by atoms with E-state index in [0.717, 1.165) is 34.7 Å². The maximum atomic E-state index is 13.1. The summed E-state index contributed by atoms with van der Waals surface area (Å²) in [6.45, 7) is 4.49. The van der Waals surface area contributed by atoms with Crippen LogP contribution in [0, 0.1) is 6.92 Å². The quantitative estimate of drug-likeness (QED) is 0.356. The molecule has 0 aromatic heterocycles. The number of aliphatic hydroxyl groups excluding tert-OH is 1. The zero-order valence-corrected chi connectivity index (χ0v) is 17.3. The number of nitrogens with zero attached hydrogens (tertiary/aromatic N) is 1. The molecule has 152 valence electrons. The lowest BCUT2D eigenvalue weighted by molar-refractivity contribution is -0.139. The van der Waals surface area contributed by atoms with Crippen molar-refractivity contribution in [2.24, 2.45) is 0 Å². The van der Waals surface area contributed by atoms with Crippen LogP contribution in [0.25, 0.3) is 16.5 Å². The van der Waals surface area contributed by atoms with Gasteiger partial charge in [-0.25, -0.2) is 0 Å². The molecule has 1 saturated heterocycles. The Hall–Kier alpha value is -3.40. The maximum Gasteiger partial charge on any atom is 0.295 e. The molecule has 3 aromatic rings. The summed E-state index contributed by atoms with van der Waals surface area (Å²) in [5, 5.41) is 13.1. The average molecular weight is 399 g/mol. The standard InChI is InChI=1S/C26H25NO3/c1-3-4-16-27-23(21-11-7-9-18-8-5-6-10-20(18)21)22(25(29)26(27)30)24(28)19-14-12-17(2)13-15-19/h5-15,23,28H,3-4,16H2,1-2H3/b24-22-. The van der Waals surface area contributed by atoms with E-state index < -0.39 is 17.7 Å². The SMILES string of the molecule is CCCCN1C(=O)C(=O)/C(=C(\O)c2ccc(C)cc2)C1c1cccc2ccccc12. The Bertz CT molecular complexity index is 1140. The monoisotopic (exact) mass is 399 g/mol. The van der Waals surface area contributed by atoms with E-state index in [2.05, 4.69) is 6.92 Å². The predicted molar refractivity (Wildman–Crippen MR) is 119 cm³/mol. The highest BCUT2D eigenvalue weighted by atomic mass is 16.3. The number of Topliss-reactive ketones (excluding diaryl/α,β-unsaturated/α-hetero) is 1. The molecule has 1 unspecified atom stereocenters. The lowest BCUT2D eigenvalue weighted by atomic mass is 9.91. The molecule has 30 heavy (non-hydrogen) atoms.